The van der Waals surface area contributed by atoms with Crippen molar-refractivity contribution < 1.29 is 0 Å². The summed E-state index contributed by atoms with van der Waals surface area (Å²) in [6, 6.07) is 15.8. The lowest BCUT2D eigenvalue weighted by molar-refractivity contribution is 0.861. The maximum absolute atomic E-state index is 6.09. The first-order valence-corrected chi connectivity index (χ1v) is 7.05. The molecule has 4 nitrogen and oxygen atoms in total. The second-order valence-electron chi connectivity index (χ2n) is 4.78. The average Bonchev–Trinajstić information content (AvgIpc) is 2.95. The van der Waals surface area contributed by atoms with Gasteiger partial charge < -0.3 is 5.73 Å². The molecule has 0 spiro atoms. The number of rotatable bonds is 3. The van der Waals surface area contributed by atoms with Crippen molar-refractivity contribution in [2.45, 2.75) is 13.5 Å². The van der Waals surface area contributed by atoms with Crippen molar-refractivity contribution in [1.82, 2.24) is 14.8 Å². The van der Waals surface area contributed by atoms with Crippen LogP contribution >= 0.6 is 11.6 Å². The van der Waals surface area contributed by atoms with Crippen LogP contribution in [0.1, 0.15) is 11.4 Å². The normalized spacial score (nSPS) is 10.8. The van der Waals surface area contributed by atoms with Crippen LogP contribution in [0.2, 0.25) is 5.02 Å². The number of halogens is 1. The Balaban J connectivity index is 2.20. The zero-order valence-electron chi connectivity index (χ0n) is 11.6. The predicted molar refractivity (Wildman–Crippen MR) is 84.4 cm³/mol. The summed E-state index contributed by atoms with van der Waals surface area (Å²) in [7, 11) is 0. The topological polar surface area (TPSA) is 56.7 Å². The molecule has 0 radical (unpaired) electrons. The SMILES string of the molecule is Cc1cc(-c2nnc(CN)n2-c2ccccc2)ccc1Cl. The lowest BCUT2D eigenvalue weighted by atomic mass is 10.1. The molecule has 0 atom stereocenters. The molecule has 21 heavy (non-hydrogen) atoms. The van der Waals surface area contributed by atoms with Gasteiger partial charge in [0.2, 0.25) is 0 Å². The van der Waals surface area contributed by atoms with Crippen LogP contribution in [-0.4, -0.2) is 14.8 Å². The predicted octanol–water partition coefficient (Wildman–Crippen LogP) is 3.35. The molecule has 106 valence electrons. The number of nitrogens with two attached hydrogens (primary N) is 1. The summed E-state index contributed by atoms with van der Waals surface area (Å²) in [5.74, 6) is 1.49. The highest BCUT2D eigenvalue weighted by atomic mass is 35.5. The third-order valence-electron chi connectivity index (χ3n) is 3.34. The van der Waals surface area contributed by atoms with Gasteiger partial charge in [-0.25, -0.2) is 0 Å². The van der Waals surface area contributed by atoms with Crippen molar-refractivity contribution in [3.05, 3.63) is 64.9 Å². The second kappa shape index (κ2) is 5.68. The van der Waals surface area contributed by atoms with Crippen molar-refractivity contribution in [3.8, 4) is 17.1 Å². The molecule has 2 aromatic carbocycles. The fourth-order valence-electron chi connectivity index (χ4n) is 2.27. The lowest BCUT2D eigenvalue weighted by Crippen LogP contribution is -2.07. The quantitative estimate of drug-likeness (QED) is 0.806. The summed E-state index contributed by atoms with van der Waals surface area (Å²) >= 11 is 6.09. The van der Waals surface area contributed by atoms with Gasteiger partial charge in [0.1, 0.15) is 0 Å². The van der Waals surface area contributed by atoms with E-state index in [-0.39, 0.29) is 0 Å². The highest BCUT2D eigenvalue weighted by molar-refractivity contribution is 6.31. The molecule has 2 N–H and O–H groups in total. The minimum absolute atomic E-state index is 0.328. The minimum Gasteiger partial charge on any atom is -0.324 e. The number of nitrogens with zero attached hydrogens (tertiary/aromatic N) is 3. The Labute approximate surface area is 128 Å². The summed E-state index contributed by atoms with van der Waals surface area (Å²) in [4.78, 5) is 0. The van der Waals surface area contributed by atoms with E-state index < -0.39 is 0 Å². The summed E-state index contributed by atoms with van der Waals surface area (Å²) in [6.45, 7) is 2.30. The Morgan fingerprint density at radius 2 is 1.86 bits per heavy atom. The molecule has 1 heterocycles. The van der Waals surface area contributed by atoms with E-state index in [9.17, 15) is 0 Å². The first-order valence-electron chi connectivity index (χ1n) is 6.67. The van der Waals surface area contributed by atoms with E-state index in [1.54, 1.807) is 0 Å². The molecule has 3 rings (SSSR count). The first kappa shape index (κ1) is 13.8. The van der Waals surface area contributed by atoms with E-state index in [0.717, 1.165) is 33.5 Å². The molecule has 0 saturated heterocycles. The van der Waals surface area contributed by atoms with Crippen LogP contribution in [0.3, 0.4) is 0 Å². The molecule has 0 unspecified atom stereocenters. The highest BCUT2D eigenvalue weighted by Gasteiger charge is 2.14. The van der Waals surface area contributed by atoms with Crippen LogP contribution in [0.15, 0.2) is 48.5 Å². The molecule has 3 aromatic rings. The lowest BCUT2D eigenvalue weighted by Gasteiger charge is -2.10. The Bertz CT molecular complexity index is 765. The zero-order chi connectivity index (χ0) is 14.8. The van der Waals surface area contributed by atoms with Crippen molar-refractivity contribution in [2.24, 2.45) is 5.73 Å². The van der Waals surface area contributed by atoms with E-state index in [2.05, 4.69) is 10.2 Å². The molecular weight excluding hydrogens is 284 g/mol. The van der Waals surface area contributed by atoms with Crippen molar-refractivity contribution in [2.75, 3.05) is 0 Å². The number of benzene rings is 2. The largest absolute Gasteiger partial charge is 0.324 e. The smallest absolute Gasteiger partial charge is 0.168 e. The summed E-state index contributed by atoms with van der Waals surface area (Å²) < 4.78 is 1.97. The molecule has 1 aromatic heterocycles. The van der Waals surface area contributed by atoms with Gasteiger partial charge in [-0.2, -0.15) is 0 Å². The van der Waals surface area contributed by atoms with Crippen molar-refractivity contribution >= 4 is 11.6 Å². The Morgan fingerprint density at radius 1 is 1.10 bits per heavy atom. The molecule has 0 fully saturated rings. The number of para-hydroxylation sites is 1. The summed E-state index contributed by atoms with van der Waals surface area (Å²) in [5, 5.41) is 9.23. The van der Waals surface area contributed by atoms with Crippen LogP contribution < -0.4 is 5.73 Å². The van der Waals surface area contributed by atoms with Gasteiger partial charge in [-0.3, -0.25) is 4.57 Å². The van der Waals surface area contributed by atoms with Crippen molar-refractivity contribution in [3.63, 3.8) is 0 Å². The van der Waals surface area contributed by atoms with Gasteiger partial charge in [-0.1, -0.05) is 29.8 Å². The minimum atomic E-state index is 0.328. The van der Waals surface area contributed by atoms with E-state index in [0.29, 0.717) is 6.54 Å². The number of hydrogen-bond acceptors (Lipinski definition) is 3. The average molecular weight is 299 g/mol. The van der Waals surface area contributed by atoms with Crippen LogP contribution in [0.5, 0.6) is 0 Å². The molecule has 0 aliphatic heterocycles. The molecule has 0 amide bonds. The van der Waals surface area contributed by atoms with E-state index in [4.69, 9.17) is 17.3 Å². The molecular formula is C16H15ClN4. The van der Waals surface area contributed by atoms with E-state index in [1.807, 2.05) is 60.0 Å². The fourth-order valence-corrected chi connectivity index (χ4v) is 2.39. The van der Waals surface area contributed by atoms with Crippen LogP contribution in [0, 0.1) is 6.92 Å². The maximum Gasteiger partial charge on any atom is 0.168 e. The van der Waals surface area contributed by atoms with Gasteiger partial charge in [-0.15, -0.1) is 10.2 Å². The molecule has 0 bridgehead atoms. The zero-order valence-corrected chi connectivity index (χ0v) is 12.4. The standard InChI is InChI=1S/C16H15ClN4/c1-11-9-12(7-8-14(11)17)16-20-19-15(10-18)21(16)13-5-3-2-4-6-13/h2-9H,10,18H2,1H3. The molecule has 0 aliphatic rings. The van der Waals surface area contributed by atoms with Crippen LogP contribution in [0.4, 0.5) is 0 Å². The summed E-state index contributed by atoms with van der Waals surface area (Å²) in [6.07, 6.45) is 0. The number of aromatic nitrogens is 3. The fraction of sp³-hybridized carbons (Fsp3) is 0.125. The van der Waals surface area contributed by atoms with E-state index >= 15 is 0 Å². The van der Waals surface area contributed by atoms with Crippen LogP contribution in [0.25, 0.3) is 17.1 Å². The summed E-state index contributed by atoms with van der Waals surface area (Å²) in [5.41, 5.74) is 8.75. The molecule has 5 heteroatoms. The maximum atomic E-state index is 6.09. The van der Waals surface area contributed by atoms with Crippen molar-refractivity contribution in [1.29, 1.82) is 0 Å². The monoisotopic (exact) mass is 298 g/mol. The third kappa shape index (κ3) is 2.55. The Hall–Kier alpha value is -2.17. The van der Waals surface area contributed by atoms with Gasteiger partial charge in [0.05, 0.1) is 6.54 Å². The Morgan fingerprint density at radius 3 is 2.52 bits per heavy atom. The second-order valence-corrected chi connectivity index (χ2v) is 5.19. The Kier molecular flexibility index (Phi) is 3.73. The van der Waals surface area contributed by atoms with Gasteiger partial charge in [0, 0.05) is 16.3 Å². The molecule has 0 saturated carbocycles. The van der Waals surface area contributed by atoms with Gasteiger partial charge in [-0.05, 0) is 42.8 Å². The van der Waals surface area contributed by atoms with Gasteiger partial charge >= 0.3 is 0 Å². The van der Waals surface area contributed by atoms with E-state index in [1.165, 1.54) is 0 Å². The number of hydrogen-bond donors (Lipinski definition) is 1. The van der Waals surface area contributed by atoms with Gasteiger partial charge in [0.25, 0.3) is 0 Å². The molecule has 0 aliphatic carbocycles. The number of aryl methyl sites for hydroxylation is 1. The highest BCUT2D eigenvalue weighted by Crippen LogP contribution is 2.26. The van der Waals surface area contributed by atoms with Gasteiger partial charge in [0.15, 0.2) is 11.6 Å². The van der Waals surface area contributed by atoms with Crippen LogP contribution in [-0.2, 0) is 6.54 Å². The first-order chi connectivity index (χ1) is 10.2. The third-order valence-corrected chi connectivity index (χ3v) is 3.77.